The zero-order valence-electron chi connectivity index (χ0n) is 9.77. The molecule has 0 atom stereocenters. The van der Waals surface area contributed by atoms with Gasteiger partial charge in [-0.15, -0.1) is 0 Å². The Morgan fingerprint density at radius 1 is 1.32 bits per heavy atom. The summed E-state index contributed by atoms with van der Waals surface area (Å²) >= 11 is 5.64. The lowest BCUT2D eigenvalue weighted by Gasteiger charge is -2.32. The predicted octanol–water partition coefficient (Wildman–Crippen LogP) is 1.18. The van der Waals surface area contributed by atoms with Crippen molar-refractivity contribution in [2.75, 3.05) is 24.5 Å². The van der Waals surface area contributed by atoms with Crippen LogP contribution in [0.5, 0.6) is 0 Å². The second-order valence-corrected chi connectivity index (χ2v) is 4.35. The van der Waals surface area contributed by atoms with Crippen molar-refractivity contribution in [2.24, 2.45) is 0 Å². The van der Waals surface area contributed by atoms with Gasteiger partial charge in [0.25, 0.3) is 0 Å². The molecule has 0 radical (unpaired) electrons. The Hall–Kier alpha value is -2.13. The van der Waals surface area contributed by atoms with Gasteiger partial charge in [-0.05, 0) is 18.2 Å². The summed E-state index contributed by atoms with van der Waals surface area (Å²) in [6.07, 6.45) is 0. The number of halogens is 2. The van der Waals surface area contributed by atoms with E-state index in [2.05, 4.69) is 0 Å². The molecule has 0 aliphatic carbocycles. The van der Waals surface area contributed by atoms with Gasteiger partial charge in [0, 0.05) is 18.8 Å². The molecule has 19 heavy (non-hydrogen) atoms. The third kappa shape index (κ3) is 2.51. The van der Waals surface area contributed by atoms with Gasteiger partial charge in [-0.3, -0.25) is 9.59 Å². The minimum absolute atomic E-state index is 0.114. The van der Waals surface area contributed by atoms with Gasteiger partial charge in [0.05, 0.1) is 11.1 Å². The van der Waals surface area contributed by atoms with Crippen LogP contribution in [-0.2, 0) is 9.59 Å². The zero-order chi connectivity index (χ0) is 14.0. The fourth-order valence-corrected chi connectivity index (χ4v) is 1.98. The summed E-state index contributed by atoms with van der Waals surface area (Å²) in [7, 11) is 0. The second-order valence-electron chi connectivity index (χ2n) is 3.94. The maximum absolute atomic E-state index is 13.1. The molecule has 1 aliphatic heterocycles. The van der Waals surface area contributed by atoms with Gasteiger partial charge in [0.15, 0.2) is 0 Å². The highest BCUT2D eigenvalue weighted by atomic mass is 35.5. The van der Waals surface area contributed by atoms with Crippen LogP contribution in [0, 0.1) is 17.1 Å². The number of carbonyl (C=O) groups is 2. The van der Waals surface area contributed by atoms with E-state index in [4.69, 9.17) is 16.9 Å². The molecule has 1 heterocycles. The fraction of sp³-hybridized carbons (Fsp3) is 0.250. The summed E-state index contributed by atoms with van der Waals surface area (Å²) in [5.41, 5.74) is 0.362. The van der Waals surface area contributed by atoms with E-state index in [1.165, 1.54) is 21.9 Å². The number of nitrogens with zero attached hydrogens (tertiary/aromatic N) is 3. The van der Waals surface area contributed by atoms with Crippen LogP contribution in [0.4, 0.5) is 10.1 Å². The van der Waals surface area contributed by atoms with Crippen molar-refractivity contribution in [3.05, 3.63) is 29.0 Å². The van der Waals surface area contributed by atoms with Crippen LogP contribution >= 0.6 is 11.6 Å². The number of amides is 2. The number of nitriles is 1. The number of carbonyl (C=O) groups excluding carboxylic acids is 2. The summed E-state index contributed by atoms with van der Waals surface area (Å²) in [5, 5.41) is 8.43. The van der Waals surface area contributed by atoms with E-state index in [0.29, 0.717) is 5.69 Å². The van der Waals surface area contributed by atoms with E-state index >= 15 is 0 Å². The van der Waals surface area contributed by atoms with Crippen LogP contribution in [-0.4, -0.2) is 36.3 Å². The summed E-state index contributed by atoms with van der Waals surface area (Å²) in [4.78, 5) is 26.0. The molecule has 2 rings (SSSR count). The number of hydrogen-bond donors (Lipinski definition) is 0. The van der Waals surface area contributed by atoms with Crippen molar-refractivity contribution >= 4 is 29.1 Å². The smallest absolute Gasteiger partial charge is 0.316 e. The van der Waals surface area contributed by atoms with E-state index in [-0.39, 0.29) is 24.7 Å². The molecule has 0 bridgehead atoms. The fourth-order valence-electron chi connectivity index (χ4n) is 1.81. The minimum atomic E-state index is -0.746. The summed E-state index contributed by atoms with van der Waals surface area (Å²) in [5.74, 6) is -2.08. The molecule has 98 valence electrons. The highest BCUT2D eigenvalue weighted by Gasteiger charge is 2.33. The molecular formula is C12H9ClFN3O2. The highest BCUT2D eigenvalue weighted by Crippen LogP contribution is 2.24. The topological polar surface area (TPSA) is 64.4 Å². The Morgan fingerprint density at radius 3 is 2.68 bits per heavy atom. The number of anilines is 1. The average molecular weight is 282 g/mol. The van der Waals surface area contributed by atoms with Gasteiger partial charge in [-0.1, -0.05) is 11.6 Å². The maximum atomic E-state index is 13.1. The molecule has 2 amide bonds. The lowest BCUT2D eigenvalue weighted by atomic mass is 10.2. The number of hydrogen-bond acceptors (Lipinski definition) is 3. The van der Waals surface area contributed by atoms with Crippen LogP contribution in [0.3, 0.4) is 0 Å². The second kappa shape index (κ2) is 5.24. The van der Waals surface area contributed by atoms with Crippen molar-refractivity contribution in [1.82, 2.24) is 4.90 Å². The predicted molar refractivity (Wildman–Crippen MR) is 66.0 cm³/mol. The molecule has 1 fully saturated rings. The minimum Gasteiger partial charge on any atom is -0.319 e. The first-order valence-electron chi connectivity index (χ1n) is 5.47. The first-order chi connectivity index (χ1) is 9.04. The molecule has 1 saturated heterocycles. The zero-order valence-corrected chi connectivity index (χ0v) is 10.5. The van der Waals surface area contributed by atoms with Crippen molar-refractivity contribution in [3.8, 4) is 6.07 Å². The number of benzene rings is 1. The summed E-state index contributed by atoms with van der Waals surface area (Å²) in [6.45, 7) is 0.379. The molecule has 0 spiro atoms. The molecular weight excluding hydrogens is 273 g/mol. The lowest BCUT2D eigenvalue weighted by molar-refractivity contribution is -0.145. The molecule has 1 aromatic carbocycles. The standard InChI is InChI=1S/C12H9ClFN3O2/c13-9-7-8(1-2-10(9)14)17-6-5-16(4-3-15)11(18)12(17)19/h1-2,7H,4-6H2. The number of piperazine rings is 1. The van der Waals surface area contributed by atoms with Crippen molar-refractivity contribution in [3.63, 3.8) is 0 Å². The van der Waals surface area contributed by atoms with Gasteiger partial charge in [-0.2, -0.15) is 5.26 Å². The molecule has 5 nitrogen and oxygen atoms in total. The molecule has 1 aliphatic rings. The van der Waals surface area contributed by atoms with Crippen LogP contribution in [0.15, 0.2) is 18.2 Å². The highest BCUT2D eigenvalue weighted by molar-refractivity contribution is 6.41. The Kier molecular flexibility index (Phi) is 3.67. The van der Waals surface area contributed by atoms with Gasteiger partial charge >= 0.3 is 11.8 Å². The van der Waals surface area contributed by atoms with Crippen LogP contribution < -0.4 is 4.90 Å². The lowest BCUT2D eigenvalue weighted by Crippen LogP contribution is -2.54. The van der Waals surface area contributed by atoms with Gasteiger partial charge < -0.3 is 9.80 Å². The Labute approximate surface area is 113 Å². The van der Waals surface area contributed by atoms with E-state index in [0.717, 1.165) is 6.07 Å². The van der Waals surface area contributed by atoms with Gasteiger partial charge in [-0.25, -0.2) is 4.39 Å². The first kappa shape index (κ1) is 13.3. The van der Waals surface area contributed by atoms with E-state index in [1.54, 1.807) is 0 Å². The van der Waals surface area contributed by atoms with Crippen molar-refractivity contribution in [2.45, 2.75) is 0 Å². The number of rotatable bonds is 2. The Morgan fingerprint density at radius 2 is 2.05 bits per heavy atom. The van der Waals surface area contributed by atoms with Crippen LogP contribution in [0.25, 0.3) is 0 Å². The molecule has 0 unspecified atom stereocenters. The van der Waals surface area contributed by atoms with E-state index in [9.17, 15) is 14.0 Å². The molecule has 1 aromatic rings. The largest absolute Gasteiger partial charge is 0.319 e. The normalized spacial score (nSPS) is 15.6. The average Bonchev–Trinajstić information content (AvgIpc) is 2.39. The van der Waals surface area contributed by atoms with Crippen LogP contribution in [0.1, 0.15) is 0 Å². The summed E-state index contributed by atoms with van der Waals surface area (Å²) < 4.78 is 13.1. The Balaban J connectivity index is 2.23. The van der Waals surface area contributed by atoms with Crippen molar-refractivity contribution < 1.29 is 14.0 Å². The molecule has 0 N–H and O–H groups in total. The maximum Gasteiger partial charge on any atom is 0.316 e. The van der Waals surface area contributed by atoms with Crippen LogP contribution in [0.2, 0.25) is 5.02 Å². The third-order valence-electron chi connectivity index (χ3n) is 2.79. The SMILES string of the molecule is N#CCN1CCN(c2ccc(F)c(Cl)c2)C(=O)C1=O. The quantitative estimate of drug-likeness (QED) is 0.604. The monoisotopic (exact) mass is 281 g/mol. The molecule has 0 saturated carbocycles. The summed E-state index contributed by atoms with van der Waals surface area (Å²) in [6, 6.07) is 5.63. The van der Waals surface area contributed by atoms with E-state index < -0.39 is 17.6 Å². The van der Waals surface area contributed by atoms with E-state index in [1.807, 2.05) is 6.07 Å². The third-order valence-corrected chi connectivity index (χ3v) is 3.07. The van der Waals surface area contributed by atoms with Gasteiger partial charge in [0.2, 0.25) is 0 Å². The van der Waals surface area contributed by atoms with Crippen molar-refractivity contribution in [1.29, 1.82) is 5.26 Å². The Bertz CT molecular complexity index is 585. The molecule has 7 heteroatoms. The first-order valence-corrected chi connectivity index (χ1v) is 5.85. The molecule has 0 aromatic heterocycles. The van der Waals surface area contributed by atoms with Gasteiger partial charge in [0.1, 0.15) is 12.4 Å².